The Bertz CT molecular complexity index is 493. The fourth-order valence-corrected chi connectivity index (χ4v) is 1.28. The summed E-state index contributed by atoms with van der Waals surface area (Å²) in [7, 11) is 0. The van der Waals surface area contributed by atoms with Gasteiger partial charge in [-0.1, -0.05) is 41.5 Å². The molecule has 0 bridgehead atoms. The maximum absolute atomic E-state index is 8.65. The van der Waals surface area contributed by atoms with Gasteiger partial charge >= 0.3 is 0 Å². The van der Waals surface area contributed by atoms with Crippen LogP contribution in [0, 0.1) is 11.3 Å². The predicted molar refractivity (Wildman–Crippen MR) is 69.9 cm³/mol. The number of halogens is 2. The molecule has 82 valence electrons. The van der Waals surface area contributed by atoms with Gasteiger partial charge in [0.2, 0.25) is 0 Å². The van der Waals surface area contributed by atoms with Crippen LogP contribution < -0.4 is 11.2 Å². The Kier molecular flexibility index (Phi) is 4.50. The Labute approximate surface area is 108 Å². The number of hydrazone groups is 1. The number of nitrogens with two attached hydrogens (primary N) is 1. The SMILES string of the molecule is N#C/C(=N\Nc1cccc(Cl)c1Cl)C(N)=S. The summed E-state index contributed by atoms with van der Waals surface area (Å²) in [5.41, 5.74) is 8.22. The summed E-state index contributed by atoms with van der Waals surface area (Å²) in [5, 5.41) is 13.1. The summed E-state index contributed by atoms with van der Waals surface area (Å²) in [6.07, 6.45) is 0. The lowest BCUT2D eigenvalue weighted by Crippen LogP contribution is -2.20. The van der Waals surface area contributed by atoms with E-state index in [-0.39, 0.29) is 10.7 Å². The smallest absolute Gasteiger partial charge is 0.194 e. The zero-order valence-corrected chi connectivity index (χ0v) is 10.2. The van der Waals surface area contributed by atoms with E-state index in [1.807, 2.05) is 0 Å². The average Bonchev–Trinajstić information content (AvgIpc) is 2.24. The molecule has 0 aliphatic heterocycles. The maximum Gasteiger partial charge on any atom is 0.194 e. The fourth-order valence-electron chi connectivity index (χ4n) is 0.841. The van der Waals surface area contributed by atoms with Gasteiger partial charge in [-0.3, -0.25) is 5.43 Å². The normalized spacial score (nSPS) is 10.7. The van der Waals surface area contributed by atoms with Gasteiger partial charge in [-0.25, -0.2) is 0 Å². The summed E-state index contributed by atoms with van der Waals surface area (Å²) in [5.74, 6) is 0. The maximum atomic E-state index is 8.65. The molecule has 0 amide bonds. The highest BCUT2D eigenvalue weighted by Crippen LogP contribution is 2.29. The van der Waals surface area contributed by atoms with Crippen molar-refractivity contribution in [3.8, 4) is 6.07 Å². The van der Waals surface area contributed by atoms with Crippen LogP contribution in [0.4, 0.5) is 5.69 Å². The van der Waals surface area contributed by atoms with Crippen molar-refractivity contribution in [2.24, 2.45) is 10.8 Å². The van der Waals surface area contributed by atoms with Gasteiger partial charge in [0.25, 0.3) is 0 Å². The van der Waals surface area contributed by atoms with Crippen LogP contribution in [0.25, 0.3) is 0 Å². The molecule has 1 aromatic rings. The summed E-state index contributed by atoms with van der Waals surface area (Å²) in [6, 6.07) is 6.74. The Hall–Kier alpha value is -1.35. The molecule has 0 radical (unpaired) electrons. The van der Waals surface area contributed by atoms with Crippen molar-refractivity contribution >= 4 is 51.8 Å². The lowest BCUT2D eigenvalue weighted by atomic mass is 10.3. The van der Waals surface area contributed by atoms with Gasteiger partial charge in [-0.05, 0) is 12.1 Å². The molecular formula is C9H6Cl2N4S. The van der Waals surface area contributed by atoms with Crippen LogP contribution >= 0.6 is 35.4 Å². The minimum atomic E-state index is -0.0897. The van der Waals surface area contributed by atoms with Crippen LogP contribution in [0.5, 0.6) is 0 Å². The molecule has 0 aliphatic rings. The first-order chi connectivity index (χ1) is 7.56. The van der Waals surface area contributed by atoms with Crippen molar-refractivity contribution in [2.45, 2.75) is 0 Å². The van der Waals surface area contributed by atoms with Crippen molar-refractivity contribution in [1.82, 2.24) is 0 Å². The van der Waals surface area contributed by atoms with Crippen LogP contribution in [-0.4, -0.2) is 10.7 Å². The minimum absolute atomic E-state index is 0.0777. The van der Waals surface area contributed by atoms with E-state index in [9.17, 15) is 0 Å². The van der Waals surface area contributed by atoms with Crippen molar-refractivity contribution in [3.05, 3.63) is 28.2 Å². The van der Waals surface area contributed by atoms with E-state index >= 15 is 0 Å². The van der Waals surface area contributed by atoms with E-state index in [1.54, 1.807) is 24.3 Å². The van der Waals surface area contributed by atoms with Crippen molar-refractivity contribution in [3.63, 3.8) is 0 Å². The Morgan fingerprint density at radius 2 is 2.19 bits per heavy atom. The molecule has 3 N–H and O–H groups in total. The van der Waals surface area contributed by atoms with E-state index in [2.05, 4.69) is 22.7 Å². The van der Waals surface area contributed by atoms with Gasteiger partial charge in [0.15, 0.2) is 5.71 Å². The number of anilines is 1. The van der Waals surface area contributed by atoms with Gasteiger partial charge < -0.3 is 5.73 Å². The van der Waals surface area contributed by atoms with Gasteiger partial charge in [-0.15, -0.1) is 0 Å². The number of nitrogens with one attached hydrogen (secondary N) is 1. The highest BCUT2D eigenvalue weighted by Gasteiger charge is 2.05. The van der Waals surface area contributed by atoms with Crippen LogP contribution in [-0.2, 0) is 0 Å². The first-order valence-corrected chi connectivity index (χ1v) is 5.20. The molecule has 0 spiro atoms. The number of rotatable bonds is 3. The molecule has 0 atom stereocenters. The Morgan fingerprint density at radius 3 is 2.75 bits per heavy atom. The summed E-state index contributed by atoms with van der Waals surface area (Å²) < 4.78 is 0. The van der Waals surface area contributed by atoms with Gasteiger partial charge in [0, 0.05) is 0 Å². The first-order valence-electron chi connectivity index (χ1n) is 4.04. The highest BCUT2D eigenvalue weighted by molar-refractivity contribution is 7.82. The molecule has 0 heterocycles. The predicted octanol–water partition coefficient (Wildman–Crippen LogP) is 2.57. The number of nitriles is 1. The molecule has 1 aromatic carbocycles. The average molecular weight is 273 g/mol. The van der Waals surface area contributed by atoms with Crippen LogP contribution in [0.1, 0.15) is 0 Å². The second-order valence-corrected chi connectivity index (χ2v) is 3.87. The van der Waals surface area contributed by atoms with Crippen LogP contribution in [0.2, 0.25) is 10.0 Å². The quantitative estimate of drug-likeness (QED) is 0.504. The van der Waals surface area contributed by atoms with Crippen LogP contribution in [0.3, 0.4) is 0 Å². The van der Waals surface area contributed by atoms with E-state index in [4.69, 9.17) is 34.2 Å². The number of nitrogens with zero attached hydrogens (tertiary/aromatic N) is 2. The monoisotopic (exact) mass is 272 g/mol. The summed E-state index contributed by atoms with van der Waals surface area (Å²) in [6.45, 7) is 0. The third kappa shape index (κ3) is 3.07. The molecule has 0 saturated heterocycles. The summed E-state index contributed by atoms with van der Waals surface area (Å²) in [4.78, 5) is -0.0897. The van der Waals surface area contributed by atoms with E-state index in [1.165, 1.54) is 0 Å². The van der Waals surface area contributed by atoms with Crippen molar-refractivity contribution in [2.75, 3.05) is 5.43 Å². The molecule has 0 aromatic heterocycles. The molecule has 7 heteroatoms. The number of hydrogen-bond donors (Lipinski definition) is 2. The Morgan fingerprint density at radius 1 is 1.50 bits per heavy atom. The van der Waals surface area contributed by atoms with Gasteiger partial charge in [0.05, 0.1) is 15.7 Å². The standard InChI is InChI=1S/C9H6Cl2N4S/c10-5-2-1-3-6(8(5)11)14-15-7(4-12)9(13)16/h1-3,14H,(H2,13,16)/b15-7+. The topological polar surface area (TPSA) is 74.2 Å². The molecule has 4 nitrogen and oxygen atoms in total. The zero-order valence-electron chi connectivity index (χ0n) is 7.87. The lowest BCUT2D eigenvalue weighted by molar-refractivity contribution is 1.34. The van der Waals surface area contributed by atoms with E-state index in [0.29, 0.717) is 15.7 Å². The molecule has 1 rings (SSSR count). The van der Waals surface area contributed by atoms with Crippen LogP contribution in [0.15, 0.2) is 23.3 Å². The first kappa shape index (κ1) is 12.7. The summed E-state index contributed by atoms with van der Waals surface area (Å²) >= 11 is 16.3. The third-order valence-corrected chi connectivity index (χ3v) is 2.59. The number of thiocarbonyl (C=S) groups is 1. The van der Waals surface area contributed by atoms with Gasteiger partial charge in [-0.2, -0.15) is 10.4 Å². The largest absolute Gasteiger partial charge is 0.387 e. The fraction of sp³-hybridized carbons (Fsp3) is 0. The molecule has 0 unspecified atom stereocenters. The van der Waals surface area contributed by atoms with E-state index in [0.717, 1.165) is 0 Å². The zero-order chi connectivity index (χ0) is 12.1. The van der Waals surface area contributed by atoms with E-state index < -0.39 is 0 Å². The second kappa shape index (κ2) is 5.66. The molecule has 0 aliphatic carbocycles. The third-order valence-electron chi connectivity index (χ3n) is 1.58. The van der Waals surface area contributed by atoms with Crippen molar-refractivity contribution < 1.29 is 0 Å². The minimum Gasteiger partial charge on any atom is -0.387 e. The molecular weight excluding hydrogens is 267 g/mol. The van der Waals surface area contributed by atoms with Gasteiger partial charge in [0.1, 0.15) is 11.1 Å². The lowest BCUT2D eigenvalue weighted by Gasteiger charge is -2.04. The Balaban J connectivity index is 2.95. The second-order valence-electron chi connectivity index (χ2n) is 2.65. The number of hydrogen-bond acceptors (Lipinski definition) is 4. The molecule has 0 saturated carbocycles. The molecule has 16 heavy (non-hydrogen) atoms. The molecule has 0 fully saturated rings. The number of benzene rings is 1. The van der Waals surface area contributed by atoms with Crippen molar-refractivity contribution in [1.29, 1.82) is 5.26 Å². The highest BCUT2D eigenvalue weighted by atomic mass is 35.5.